The second kappa shape index (κ2) is 7.20. The summed E-state index contributed by atoms with van der Waals surface area (Å²) in [7, 11) is -4.82. The van der Waals surface area contributed by atoms with Crippen LogP contribution in [0.25, 0.3) is 0 Å². The third kappa shape index (κ3) is 4.44. The van der Waals surface area contributed by atoms with E-state index in [-0.39, 0.29) is 30.0 Å². The summed E-state index contributed by atoms with van der Waals surface area (Å²) in [6.07, 6.45) is 1.93. The van der Waals surface area contributed by atoms with Crippen LogP contribution in [-0.2, 0) is 24.2 Å². The summed E-state index contributed by atoms with van der Waals surface area (Å²) < 4.78 is 40.5. The van der Waals surface area contributed by atoms with Gasteiger partial charge in [0.15, 0.2) is 0 Å². The molecule has 31 heavy (non-hydrogen) atoms. The number of nitrogens with one attached hydrogen (secondary N) is 1. The molecule has 3 saturated heterocycles. The second-order valence-electron chi connectivity index (χ2n) is 9.96. The van der Waals surface area contributed by atoms with Crippen molar-refractivity contribution in [2.75, 3.05) is 19.6 Å². The van der Waals surface area contributed by atoms with Gasteiger partial charge in [-0.1, -0.05) is 0 Å². The van der Waals surface area contributed by atoms with Gasteiger partial charge in [-0.25, -0.2) is 9.59 Å². The number of hydrogen-bond donors (Lipinski definition) is 2. The SMILES string of the molecule is CC(C)(C)OC(=O)N1CC2(CC(NC(=O)[C@H]3CC[C@@H]4CN3C(=O)N4OS(=O)(=O)O)C2)C1. The predicted molar refractivity (Wildman–Crippen MR) is 105 cm³/mol. The van der Waals surface area contributed by atoms with E-state index in [2.05, 4.69) is 9.60 Å². The highest BCUT2D eigenvalue weighted by Crippen LogP contribution is 2.48. The maximum atomic E-state index is 12.8. The fraction of sp³-hybridized carbons (Fsp3) is 0.833. The fourth-order valence-corrected chi connectivity index (χ4v) is 5.35. The number of rotatable bonds is 4. The minimum atomic E-state index is -4.82. The summed E-state index contributed by atoms with van der Waals surface area (Å²) >= 11 is 0. The Morgan fingerprint density at radius 3 is 2.42 bits per heavy atom. The molecule has 1 saturated carbocycles. The van der Waals surface area contributed by atoms with E-state index in [0.29, 0.717) is 31.0 Å². The van der Waals surface area contributed by atoms with E-state index in [1.165, 1.54) is 4.90 Å². The molecule has 2 atom stereocenters. The monoisotopic (exact) mass is 460 g/mol. The van der Waals surface area contributed by atoms with Gasteiger partial charge in [0.2, 0.25) is 5.91 Å². The summed E-state index contributed by atoms with van der Waals surface area (Å²) in [4.78, 5) is 40.2. The summed E-state index contributed by atoms with van der Waals surface area (Å²) in [5.74, 6) is -0.288. The molecule has 0 aromatic heterocycles. The van der Waals surface area contributed by atoms with Crippen LogP contribution in [-0.4, -0.2) is 89.2 Å². The Hall–Kier alpha value is -2.12. The normalized spacial score (nSPS) is 27.7. The molecule has 3 heterocycles. The number of nitrogens with zero attached hydrogens (tertiary/aromatic N) is 3. The molecule has 4 fully saturated rings. The van der Waals surface area contributed by atoms with Crippen LogP contribution < -0.4 is 5.32 Å². The fourth-order valence-electron chi connectivity index (χ4n) is 4.97. The zero-order valence-corrected chi connectivity index (χ0v) is 18.6. The number of carbonyl (C=O) groups is 3. The molecule has 1 aliphatic carbocycles. The number of piperidine rings is 1. The molecule has 2 N–H and O–H groups in total. The van der Waals surface area contributed by atoms with Crippen LogP contribution in [0.1, 0.15) is 46.5 Å². The lowest BCUT2D eigenvalue weighted by atomic mass is 9.60. The third-order valence-corrected chi connectivity index (χ3v) is 6.56. The highest BCUT2D eigenvalue weighted by atomic mass is 32.3. The lowest BCUT2D eigenvalue weighted by molar-refractivity contribution is -0.131. The smallest absolute Gasteiger partial charge is 0.418 e. The maximum Gasteiger partial charge on any atom is 0.418 e. The summed E-state index contributed by atoms with van der Waals surface area (Å²) in [5.41, 5.74) is -0.528. The number of hydrogen-bond acceptors (Lipinski definition) is 7. The summed E-state index contributed by atoms with van der Waals surface area (Å²) in [5, 5.41) is 3.59. The number of hydroxylamine groups is 2. The second-order valence-corrected chi connectivity index (χ2v) is 11.0. The van der Waals surface area contributed by atoms with Crippen molar-refractivity contribution < 1.29 is 36.4 Å². The van der Waals surface area contributed by atoms with Crippen LogP contribution in [0.2, 0.25) is 0 Å². The van der Waals surface area contributed by atoms with Crippen molar-refractivity contribution in [3.8, 4) is 0 Å². The Morgan fingerprint density at radius 2 is 1.84 bits per heavy atom. The lowest BCUT2D eigenvalue weighted by Crippen LogP contribution is -2.68. The quantitative estimate of drug-likeness (QED) is 0.577. The van der Waals surface area contributed by atoms with Gasteiger partial charge in [-0.05, 0) is 46.5 Å². The summed E-state index contributed by atoms with van der Waals surface area (Å²) in [6.45, 7) is 6.83. The van der Waals surface area contributed by atoms with Gasteiger partial charge in [-0.2, -0.15) is 13.5 Å². The van der Waals surface area contributed by atoms with E-state index < -0.39 is 34.1 Å². The molecule has 0 aromatic carbocycles. The number of fused-ring (bicyclic) bond motifs is 2. The molecule has 4 amide bonds. The molecule has 4 rings (SSSR count). The van der Waals surface area contributed by atoms with Gasteiger partial charge < -0.3 is 19.9 Å². The number of ether oxygens (including phenoxy) is 1. The van der Waals surface area contributed by atoms with E-state index in [9.17, 15) is 22.8 Å². The molecule has 0 radical (unpaired) electrons. The Balaban J connectivity index is 1.25. The molecule has 3 aliphatic heterocycles. The standard InChI is InChI=1S/C18H28N4O8S/c1-17(2,3)29-16(25)20-9-18(10-20)6-11(7-18)19-14(23)13-5-4-12-8-21(13)15(24)22(12)30-31(26,27)28/h11-13H,4-10H2,1-3H3,(H,19,23)(H,26,27,28)/t12-,13-/m1/s1. The lowest BCUT2D eigenvalue weighted by Gasteiger charge is -2.58. The van der Waals surface area contributed by atoms with Crippen molar-refractivity contribution in [2.45, 2.75) is 70.2 Å². The topological polar surface area (TPSA) is 146 Å². The molecule has 2 bridgehead atoms. The Bertz CT molecular complexity index is 887. The number of urea groups is 1. The summed E-state index contributed by atoms with van der Waals surface area (Å²) in [6, 6.07) is -2.03. The van der Waals surface area contributed by atoms with E-state index >= 15 is 0 Å². The zero-order valence-electron chi connectivity index (χ0n) is 17.7. The molecular weight excluding hydrogens is 432 g/mol. The Morgan fingerprint density at radius 1 is 1.19 bits per heavy atom. The van der Waals surface area contributed by atoms with Crippen LogP contribution in [0.15, 0.2) is 0 Å². The van der Waals surface area contributed by atoms with Gasteiger partial charge in [-0.3, -0.25) is 9.35 Å². The molecule has 1 spiro atoms. The highest BCUT2D eigenvalue weighted by molar-refractivity contribution is 7.80. The zero-order chi connectivity index (χ0) is 22.8. The van der Waals surface area contributed by atoms with Gasteiger partial charge in [0, 0.05) is 31.1 Å². The number of carbonyl (C=O) groups excluding carboxylic acids is 3. The Kier molecular flexibility index (Phi) is 5.13. The van der Waals surface area contributed by atoms with Crippen LogP contribution in [0.5, 0.6) is 0 Å². The maximum absolute atomic E-state index is 12.8. The molecule has 174 valence electrons. The average molecular weight is 461 g/mol. The van der Waals surface area contributed by atoms with Gasteiger partial charge in [-0.15, -0.1) is 4.28 Å². The molecule has 12 nitrogen and oxygen atoms in total. The van der Waals surface area contributed by atoms with Crippen molar-refractivity contribution in [1.29, 1.82) is 0 Å². The molecular formula is C18H28N4O8S. The minimum Gasteiger partial charge on any atom is -0.444 e. The minimum absolute atomic E-state index is 0.0100. The molecule has 13 heteroatoms. The first-order valence-electron chi connectivity index (χ1n) is 10.3. The first-order chi connectivity index (χ1) is 14.3. The average Bonchev–Trinajstić information content (AvgIpc) is 2.77. The molecule has 0 unspecified atom stereocenters. The van der Waals surface area contributed by atoms with Gasteiger partial charge >= 0.3 is 22.5 Å². The van der Waals surface area contributed by atoms with Crippen molar-refractivity contribution >= 4 is 28.4 Å². The van der Waals surface area contributed by atoms with E-state index in [4.69, 9.17) is 9.29 Å². The third-order valence-electron chi connectivity index (χ3n) is 6.21. The van der Waals surface area contributed by atoms with Crippen molar-refractivity contribution in [3.05, 3.63) is 0 Å². The van der Waals surface area contributed by atoms with Gasteiger partial charge in [0.1, 0.15) is 11.6 Å². The first-order valence-corrected chi connectivity index (χ1v) is 11.7. The van der Waals surface area contributed by atoms with Crippen molar-refractivity contribution in [2.24, 2.45) is 5.41 Å². The van der Waals surface area contributed by atoms with Crippen molar-refractivity contribution in [1.82, 2.24) is 20.2 Å². The Labute approximate surface area is 180 Å². The van der Waals surface area contributed by atoms with E-state index in [1.54, 1.807) is 4.90 Å². The first kappa shape index (κ1) is 22.1. The number of amides is 4. The van der Waals surface area contributed by atoms with E-state index in [0.717, 1.165) is 12.8 Å². The van der Waals surface area contributed by atoms with Crippen LogP contribution >= 0.6 is 0 Å². The predicted octanol–water partition coefficient (Wildman–Crippen LogP) is 0.505. The van der Waals surface area contributed by atoms with Crippen molar-refractivity contribution in [3.63, 3.8) is 0 Å². The number of likely N-dealkylation sites (tertiary alicyclic amines) is 1. The van der Waals surface area contributed by atoms with Gasteiger partial charge in [0.25, 0.3) is 0 Å². The van der Waals surface area contributed by atoms with Crippen LogP contribution in [0, 0.1) is 5.41 Å². The van der Waals surface area contributed by atoms with Crippen LogP contribution in [0.3, 0.4) is 0 Å². The molecule has 4 aliphatic rings. The van der Waals surface area contributed by atoms with Crippen LogP contribution in [0.4, 0.5) is 9.59 Å². The van der Waals surface area contributed by atoms with E-state index in [1.807, 2.05) is 20.8 Å². The highest BCUT2D eigenvalue weighted by Gasteiger charge is 2.56. The molecule has 0 aromatic rings. The largest absolute Gasteiger partial charge is 0.444 e. The van der Waals surface area contributed by atoms with Gasteiger partial charge in [0.05, 0.1) is 6.04 Å².